The molecule has 0 aliphatic carbocycles. The molecule has 62 valence electrons. The van der Waals surface area contributed by atoms with Crippen molar-refractivity contribution in [3.8, 4) is 0 Å². The van der Waals surface area contributed by atoms with Gasteiger partial charge in [0.25, 0.3) is 0 Å². The van der Waals surface area contributed by atoms with Gasteiger partial charge in [-0.15, -0.1) is 0 Å². The van der Waals surface area contributed by atoms with Gasteiger partial charge in [0.05, 0.1) is 0 Å². The molecule has 0 bridgehead atoms. The Kier molecular flexibility index (Phi) is 1.86. The van der Waals surface area contributed by atoms with Gasteiger partial charge in [0.1, 0.15) is 18.0 Å². The average Bonchev–Trinajstić information content (AvgIpc) is 2.34. The van der Waals surface area contributed by atoms with Crippen molar-refractivity contribution in [2.75, 3.05) is 0 Å². The van der Waals surface area contributed by atoms with Gasteiger partial charge in [0.15, 0.2) is 0 Å². The normalized spacial score (nSPS) is 14.9. The Bertz CT molecular complexity index is 218. The maximum absolute atomic E-state index is 11.8. The first-order valence-electron chi connectivity index (χ1n) is 2.74. The molecule has 0 aliphatic heterocycles. The number of aromatic nitrogens is 1. The number of nitrogens with two attached hydrogens (primary N) is 1. The summed E-state index contributed by atoms with van der Waals surface area (Å²) in [5.41, 5.74) is 4.46. The quantitative estimate of drug-likeness (QED) is 0.682. The monoisotopic (exact) mass is 166 g/mol. The van der Waals surface area contributed by atoms with Crippen molar-refractivity contribution in [2.45, 2.75) is 12.2 Å². The summed E-state index contributed by atoms with van der Waals surface area (Å²) in [6.07, 6.45) is -3.42. The van der Waals surface area contributed by atoms with E-state index in [-0.39, 0.29) is 5.69 Å². The summed E-state index contributed by atoms with van der Waals surface area (Å²) in [6, 6.07) is -0.973. The number of hydrogen-bond donors (Lipinski definition) is 1. The molecular formula is C5H5F3N2O. The van der Waals surface area contributed by atoms with Crippen molar-refractivity contribution in [3.63, 3.8) is 0 Å². The van der Waals surface area contributed by atoms with Crippen LogP contribution in [0.2, 0.25) is 0 Å². The summed E-state index contributed by atoms with van der Waals surface area (Å²) in [7, 11) is 0. The first-order valence-corrected chi connectivity index (χ1v) is 2.74. The molecule has 1 aromatic heterocycles. The van der Waals surface area contributed by atoms with E-state index in [1.165, 1.54) is 0 Å². The van der Waals surface area contributed by atoms with Gasteiger partial charge in [-0.05, 0) is 0 Å². The highest BCUT2D eigenvalue weighted by Crippen LogP contribution is 2.28. The molecule has 0 radical (unpaired) electrons. The van der Waals surface area contributed by atoms with Crippen LogP contribution in [0.3, 0.4) is 0 Å². The van der Waals surface area contributed by atoms with Crippen LogP contribution < -0.4 is 5.73 Å². The number of alkyl halides is 3. The topological polar surface area (TPSA) is 52.0 Å². The standard InChI is InChI=1S/C5H5F3N2O/c6-5(7,8)4(9)3-1-2-11-10-3/h1-2,4H,9H2/t4-/m0/s1. The smallest absolute Gasteiger partial charge is 0.364 e. The highest BCUT2D eigenvalue weighted by Gasteiger charge is 2.39. The Morgan fingerprint density at radius 2 is 2.18 bits per heavy atom. The summed E-state index contributed by atoms with van der Waals surface area (Å²) in [6.45, 7) is 0. The van der Waals surface area contributed by atoms with Crippen molar-refractivity contribution >= 4 is 0 Å². The molecule has 0 saturated carbocycles. The van der Waals surface area contributed by atoms with Crippen LogP contribution in [0.25, 0.3) is 0 Å². The third-order valence-corrected chi connectivity index (χ3v) is 1.13. The van der Waals surface area contributed by atoms with Gasteiger partial charge in [-0.1, -0.05) is 5.16 Å². The Morgan fingerprint density at radius 3 is 2.55 bits per heavy atom. The van der Waals surface area contributed by atoms with E-state index in [4.69, 9.17) is 5.73 Å². The Balaban J connectivity index is 2.78. The summed E-state index contributed by atoms with van der Waals surface area (Å²) in [5.74, 6) is 0. The van der Waals surface area contributed by atoms with Crippen molar-refractivity contribution in [3.05, 3.63) is 18.0 Å². The molecule has 0 spiro atoms. The van der Waals surface area contributed by atoms with E-state index in [9.17, 15) is 13.2 Å². The molecule has 1 aromatic rings. The molecule has 0 aliphatic rings. The maximum atomic E-state index is 11.8. The minimum Gasteiger partial charge on any atom is -0.364 e. The number of nitrogens with zero attached hydrogens (tertiary/aromatic N) is 1. The molecule has 6 heteroatoms. The molecule has 2 N–H and O–H groups in total. The zero-order chi connectivity index (χ0) is 8.48. The fraction of sp³-hybridized carbons (Fsp3) is 0.400. The van der Waals surface area contributed by atoms with Crippen LogP contribution in [0.5, 0.6) is 0 Å². The van der Waals surface area contributed by atoms with E-state index in [0.29, 0.717) is 0 Å². The van der Waals surface area contributed by atoms with Gasteiger partial charge in [-0.2, -0.15) is 13.2 Å². The highest BCUT2D eigenvalue weighted by molar-refractivity contribution is 5.04. The van der Waals surface area contributed by atoms with Crippen LogP contribution >= 0.6 is 0 Å². The maximum Gasteiger partial charge on any atom is 0.409 e. The fourth-order valence-corrected chi connectivity index (χ4v) is 0.550. The van der Waals surface area contributed by atoms with Crippen LogP contribution in [-0.2, 0) is 0 Å². The minimum atomic E-state index is -4.46. The molecule has 1 atom stereocenters. The van der Waals surface area contributed by atoms with Crippen LogP contribution in [0.1, 0.15) is 11.7 Å². The van der Waals surface area contributed by atoms with Crippen LogP contribution in [-0.4, -0.2) is 11.3 Å². The van der Waals surface area contributed by atoms with Gasteiger partial charge in [0.2, 0.25) is 0 Å². The average molecular weight is 166 g/mol. The highest BCUT2D eigenvalue weighted by atomic mass is 19.4. The minimum absolute atomic E-state index is 0.308. The van der Waals surface area contributed by atoms with E-state index in [2.05, 4.69) is 9.68 Å². The molecule has 11 heavy (non-hydrogen) atoms. The van der Waals surface area contributed by atoms with E-state index in [1.807, 2.05) is 0 Å². The third-order valence-electron chi connectivity index (χ3n) is 1.13. The van der Waals surface area contributed by atoms with Gasteiger partial charge in [0, 0.05) is 6.07 Å². The molecule has 1 heterocycles. The van der Waals surface area contributed by atoms with Crippen molar-refractivity contribution in [2.24, 2.45) is 5.73 Å². The zero-order valence-corrected chi connectivity index (χ0v) is 5.30. The van der Waals surface area contributed by atoms with Crippen molar-refractivity contribution in [1.82, 2.24) is 5.16 Å². The lowest BCUT2D eigenvalue weighted by atomic mass is 10.2. The second kappa shape index (κ2) is 2.54. The number of halogens is 3. The first-order chi connectivity index (χ1) is 5.02. The van der Waals surface area contributed by atoms with Crippen LogP contribution in [0.15, 0.2) is 16.9 Å². The third kappa shape index (κ3) is 1.70. The number of hydrogen-bond acceptors (Lipinski definition) is 3. The van der Waals surface area contributed by atoms with Gasteiger partial charge in [-0.25, -0.2) is 0 Å². The molecule has 0 saturated heterocycles. The Hall–Kier alpha value is -1.04. The summed E-state index contributed by atoms with van der Waals surface area (Å²) >= 11 is 0. The molecule has 0 fully saturated rings. The molecule has 3 nitrogen and oxygen atoms in total. The molecular weight excluding hydrogens is 161 g/mol. The zero-order valence-electron chi connectivity index (χ0n) is 5.30. The fourth-order valence-electron chi connectivity index (χ4n) is 0.550. The lowest BCUT2D eigenvalue weighted by Gasteiger charge is -2.11. The van der Waals surface area contributed by atoms with Crippen molar-refractivity contribution < 1.29 is 17.7 Å². The van der Waals surface area contributed by atoms with E-state index >= 15 is 0 Å². The molecule has 1 rings (SSSR count). The van der Waals surface area contributed by atoms with E-state index < -0.39 is 12.2 Å². The molecule has 0 aromatic carbocycles. The first kappa shape index (κ1) is 8.06. The van der Waals surface area contributed by atoms with Gasteiger partial charge >= 0.3 is 6.18 Å². The lowest BCUT2D eigenvalue weighted by molar-refractivity contribution is -0.150. The van der Waals surface area contributed by atoms with Gasteiger partial charge in [-0.3, -0.25) is 0 Å². The second-order valence-corrected chi connectivity index (χ2v) is 1.94. The van der Waals surface area contributed by atoms with E-state index in [0.717, 1.165) is 12.3 Å². The summed E-state index contributed by atoms with van der Waals surface area (Å²) in [5, 5.41) is 3.06. The largest absolute Gasteiger partial charge is 0.409 e. The number of rotatable bonds is 1. The molecule has 0 amide bonds. The summed E-state index contributed by atoms with van der Waals surface area (Å²) < 4.78 is 39.6. The van der Waals surface area contributed by atoms with E-state index in [1.54, 1.807) is 0 Å². The summed E-state index contributed by atoms with van der Waals surface area (Å²) in [4.78, 5) is 0. The van der Waals surface area contributed by atoms with Crippen LogP contribution in [0, 0.1) is 0 Å². The van der Waals surface area contributed by atoms with Gasteiger partial charge < -0.3 is 10.3 Å². The SMILES string of the molecule is N[C@@H](c1ccon1)C(F)(F)F. The Morgan fingerprint density at radius 1 is 1.55 bits per heavy atom. The van der Waals surface area contributed by atoms with Crippen LogP contribution in [0.4, 0.5) is 13.2 Å². The van der Waals surface area contributed by atoms with Crippen molar-refractivity contribution in [1.29, 1.82) is 0 Å². The Labute approximate surface area is 60.0 Å². The predicted molar refractivity (Wildman–Crippen MR) is 29.5 cm³/mol. The molecule has 0 unspecified atom stereocenters. The predicted octanol–water partition coefficient (Wildman–Crippen LogP) is 1.24. The lowest BCUT2D eigenvalue weighted by Crippen LogP contribution is -2.28. The second-order valence-electron chi connectivity index (χ2n) is 1.94.